The molecule has 1 N–H and O–H groups in total. The molecule has 0 radical (unpaired) electrons. The number of ether oxygens (including phenoxy) is 5. The summed E-state index contributed by atoms with van der Waals surface area (Å²) >= 11 is 0. The highest BCUT2D eigenvalue weighted by Gasteiger charge is 2.19. The summed E-state index contributed by atoms with van der Waals surface area (Å²) in [4.78, 5) is 59.9. The third-order valence-electron chi connectivity index (χ3n) is 4.96. The van der Waals surface area contributed by atoms with Gasteiger partial charge in [-0.15, -0.1) is 0 Å². The predicted octanol–water partition coefficient (Wildman–Crippen LogP) is 4.40. The van der Waals surface area contributed by atoms with Gasteiger partial charge in [0, 0.05) is 30.0 Å². The number of esters is 5. The predicted molar refractivity (Wildman–Crippen MR) is 145 cm³/mol. The molecule has 0 saturated carbocycles. The van der Waals surface area contributed by atoms with E-state index in [0.29, 0.717) is 0 Å². The molecule has 0 amide bonds. The van der Waals surface area contributed by atoms with Crippen LogP contribution in [-0.2, 0) is 14.4 Å². The number of carbonyl (C=O) groups excluding carboxylic acids is 5. The van der Waals surface area contributed by atoms with Crippen LogP contribution in [0.15, 0.2) is 98.6 Å². The second kappa shape index (κ2) is 13.6. The molecule has 0 aliphatic heterocycles. The van der Waals surface area contributed by atoms with Crippen molar-refractivity contribution in [2.75, 3.05) is 0 Å². The zero-order valence-electron chi connectivity index (χ0n) is 21.3. The van der Waals surface area contributed by atoms with Crippen LogP contribution in [0.2, 0.25) is 0 Å². The molecule has 0 spiro atoms. The first-order valence-electron chi connectivity index (χ1n) is 11.5. The van der Waals surface area contributed by atoms with Crippen LogP contribution in [0, 0.1) is 5.41 Å². The molecule has 0 heterocycles. The number of hydrogen-bond donors (Lipinski definition) is 1. The molecular weight excluding hydrogens is 534 g/mol. The maximum atomic E-state index is 12.8. The number of carbonyl (C=O) groups is 5. The Hall–Kier alpha value is -6.10. The maximum Gasteiger partial charge on any atom is 0.343 e. The van der Waals surface area contributed by atoms with Crippen LogP contribution < -0.4 is 23.7 Å². The van der Waals surface area contributed by atoms with Gasteiger partial charge in [-0.05, 0) is 60.7 Å². The minimum absolute atomic E-state index is 0.0371. The van der Waals surface area contributed by atoms with Gasteiger partial charge in [-0.3, -0.25) is 0 Å². The van der Waals surface area contributed by atoms with Crippen molar-refractivity contribution in [2.45, 2.75) is 0 Å². The summed E-state index contributed by atoms with van der Waals surface area (Å²) in [6.07, 6.45) is 3.67. The SMILES string of the molecule is C=CC(=O)Oc1ccc(C(=O)Oc2ccc(OC(=O)c3ccc(OC(=O)C=C)c(OC(=O)C=C)c3)c(C=N)c2)cc1. The van der Waals surface area contributed by atoms with E-state index in [2.05, 4.69) is 19.7 Å². The van der Waals surface area contributed by atoms with E-state index in [1.54, 1.807) is 0 Å². The fourth-order valence-electron chi connectivity index (χ4n) is 3.04. The van der Waals surface area contributed by atoms with Crippen molar-refractivity contribution < 1.29 is 47.7 Å². The van der Waals surface area contributed by atoms with Gasteiger partial charge < -0.3 is 29.1 Å². The maximum absolute atomic E-state index is 12.8. The summed E-state index contributed by atoms with van der Waals surface area (Å²) in [6.45, 7) is 9.88. The Kier molecular flexibility index (Phi) is 9.79. The molecule has 11 heteroatoms. The monoisotopic (exact) mass is 555 g/mol. The van der Waals surface area contributed by atoms with E-state index in [1.165, 1.54) is 54.6 Å². The van der Waals surface area contributed by atoms with Crippen molar-refractivity contribution in [2.24, 2.45) is 0 Å². The standard InChI is InChI=1S/C30H21NO10/c1-4-26(32)37-21-10-7-18(8-11-21)29(35)38-22-12-14-23(20(15-22)17-31)41-30(36)19-9-13-24(39-27(33)5-2)25(16-19)40-28(34)6-3/h4-17,31H,1-3H2. The quantitative estimate of drug-likeness (QED) is 0.156. The molecular formula is C30H21NO10. The van der Waals surface area contributed by atoms with Crippen LogP contribution >= 0.6 is 0 Å². The van der Waals surface area contributed by atoms with Gasteiger partial charge in [-0.2, -0.15) is 0 Å². The summed E-state index contributed by atoms with van der Waals surface area (Å²) in [6, 6.07) is 13.2. The lowest BCUT2D eigenvalue weighted by atomic mass is 10.1. The van der Waals surface area contributed by atoms with Crippen LogP contribution in [0.5, 0.6) is 28.7 Å². The molecule has 0 aromatic heterocycles. The lowest BCUT2D eigenvalue weighted by Crippen LogP contribution is -2.13. The molecule has 0 saturated heterocycles. The highest BCUT2D eigenvalue weighted by molar-refractivity contribution is 5.95. The van der Waals surface area contributed by atoms with Gasteiger partial charge >= 0.3 is 29.8 Å². The number of rotatable bonds is 11. The molecule has 0 unspecified atom stereocenters. The fourth-order valence-corrected chi connectivity index (χ4v) is 3.04. The third kappa shape index (κ3) is 7.94. The van der Waals surface area contributed by atoms with Crippen LogP contribution in [0.25, 0.3) is 0 Å². The van der Waals surface area contributed by atoms with Crippen molar-refractivity contribution in [1.29, 1.82) is 5.41 Å². The zero-order chi connectivity index (χ0) is 29.9. The van der Waals surface area contributed by atoms with Crippen molar-refractivity contribution in [3.05, 3.63) is 115 Å². The summed E-state index contributed by atoms with van der Waals surface area (Å²) in [5.74, 6) is -4.13. The molecule has 0 fully saturated rings. The first-order valence-corrected chi connectivity index (χ1v) is 11.5. The Morgan fingerprint density at radius 2 is 1.05 bits per heavy atom. The van der Waals surface area contributed by atoms with Crippen molar-refractivity contribution in [1.82, 2.24) is 0 Å². The van der Waals surface area contributed by atoms with Crippen LogP contribution in [0.1, 0.15) is 26.3 Å². The summed E-state index contributed by atoms with van der Waals surface area (Å²) in [5.41, 5.74) is 0.180. The van der Waals surface area contributed by atoms with E-state index in [0.717, 1.165) is 30.5 Å². The van der Waals surface area contributed by atoms with E-state index >= 15 is 0 Å². The topological polar surface area (TPSA) is 155 Å². The number of hydrogen-bond acceptors (Lipinski definition) is 11. The molecule has 0 atom stereocenters. The van der Waals surface area contributed by atoms with Gasteiger partial charge in [0.05, 0.1) is 11.1 Å². The first-order chi connectivity index (χ1) is 19.7. The minimum atomic E-state index is -0.896. The average Bonchev–Trinajstić information content (AvgIpc) is 2.98. The second-order valence-electron chi connectivity index (χ2n) is 7.68. The molecule has 41 heavy (non-hydrogen) atoms. The molecule has 3 aromatic rings. The molecule has 11 nitrogen and oxygen atoms in total. The van der Waals surface area contributed by atoms with Crippen LogP contribution in [0.4, 0.5) is 0 Å². The van der Waals surface area contributed by atoms with Crippen molar-refractivity contribution in [3.63, 3.8) is 0 Å². The van der Waals surface area contributed by atoms with Crippen molar-refractivity contribution >= 4 is 36.1 Å². The molecule has 3 rings (SSSR count). The normalized spacial score (nSPS) is 9.85. The minimum Gasteiger partial charge on any atom is -0.423 e. The molecule has 3 aromatic carbocycles. The summed E-state index contributed by atoms with van der Waals surface area (Å²) in [7, 11) is 0. The number of nitrogens with one attached hydrogen (secondary N) is 1. The smallest absolute Gasteiger partial charge is 0.343 e. The van der Waals surface area contributed by atoms with Gasteiger partial charge in [0.2, 0.25) is 0 Å². The highest BCUT2D eigenvalue weighted by Crippen LogP contribution is 2.30. The lowest BCUT2D eigenvalue weighted by Gasteiger charge is -2.12. The van der Waals surface area contributed by atoms with Gasteiger partial charge in [0.1, 0.15) is 17.2 Å². The largest absolute Gasteiger partial charge is 0.423 e. The molecule has 0 aliphatic rings. The van der Waals surface area contributed by atoms with Crippen LogP contribution in [0.3, 0.4) is 0 Å². The Morgan fingerprint density at radius 1 is 0.537 bits per heavy atom. The Morgan fingerprint density at radius 3 is 1.66 bits per heavy atom. The van der Waals surface area contributed by atoms with Crippen molar-refractivity contribution in [3.8, 4) is 28.7 Å². The second-order valence-corrected chi connectivity index (χ2v) is 7.68. The first kappa shape index (κ1) is 29.5. The van der Waals surface area contributed by atoms with Gasteiger partial charge in [-0.1, -0.05) is 19.7 Å². The Bertz CT molecular complexity index is 1570. The van der Waals surface area contributed by atoms with E-state index in [4.69, 9.17) is 29.1 Å². The Balaban J connectivity index is 1.76. The Labute approximate surface area is 233 Å². The highest BCUT2D eigenvalue weighted by atomic mass is 16.6. The molecule has 0 bridgehead atoms. The number of benzene rings is 3. The summed E-state index contributed by atoms with van der Waals surface area (Å²) in [5, 5.41) is 7.69. The fraction of sp³-hybridized carbons (Fsp3) is 0. The van der Waals surface area contributed by atoms with E-state index in [9.17, 15) is 24.0 Å². The molecule has 206 valence electrons. The molecule has 0 aliphatic carbocycles. The zero-order valence-corrected chi connectivity index (χ0v) is 21.3. The lowest BCUT2D eigenvalue weighted by molar-refractivity contribution is -0.131. The van der Waals surface area contributed by atoms with E-state index in [-0.39, 0.29) is 45.4 Å². The van der Waals surface area contributed by atoms with Gasteiger partial charge in [-0.25, -0.2) is 24.0 Å². The van der Waals surface area contributed by atoms with E-state index in [1.807, 2.05) is 0 Å². The van der Waals surface area contributed by atoms with E-state index < -0.39 is 29.8 Å². The van der Waals surface area contributed by atoms with Crippen LogP contribution in [-0.4, -0.2) is 36.1 Å². The van der Waals surface area contributed by atoms with Gasteiger partial charge in [0.15, 0.2) is 11.5 Å². The van der Waals surface area contributed by atoms with Gasteiger partial charge in [0.25, 0.3) is 0 Å². The average molecular weight is 555 g/mol. The third-order valence-corrected chi connectivity index (χ3v) is 4.96. The summed E-state index contributed by atoms with van der Waals surface area (Å²) < 4.78 is 25.7.